The Morgan fingerprint density at radius 3 is 2.70 bits per heavy atom. The minimum Gasteiger partial charge on any atom is -0.461 e. The molecule has 3 heterocycles. The molecule has 0 saturated carbocycles. The van der Waals surface area contributed by atoms with Crippen LogP contribution in [0.5, 0.6) is 0 Å². The maximum absolute atomic E-state index is 12.4. The van der Waals surface area contributed by atoms with Gasteiger partial charge < -0.3 is 9.32 Å². The van der Waals surface area contributed by atoms with E-state index in [-0.39, 0.29) is 5.91 Å². The van der Waals surface area contributed by atoms with Crippen LogP contribution in [-0.4, -0.2) is 44.4 Å². The van der Waals surface area contributed by atoms with Crippen molar-refractivity contribution in [2.75, 3.05) is 18.8 Å². The molecule has 0 unspecified atom stereocenters. The second-order valence-electron chi connectivity index (χ2n) is 5.61. The van der Waals surface area contributed by atoms with E-state index in [1.165, 1.54) is 24.6 Å². The molecule has 0 aromatic carbocycles. The lowest BCUT2D eigenvalue weighted by atomic mass is 10.2. The summed E-state index contributed by atoms with van der Waals surface area (Å²) in [6.45, 7) is 4.55. The molecule has 0 bridgehead atoms. The van der Waals surface area contributed by atoms with Crippen LogP contribution < -0.4 is 0 Å². The largest absolute Gasteiger partial charge is 0.461 e. The Bertz CT molecular complexity index is 631. The summed E-state index contributed by atoms with van der Waals surface area (Å²) in [5.74, 6) is 2.02. The molecule has 0 aliphatic carbocycles. The van der Waals surface area contributed by atoms with E-state index in [0.29, 0.717) is 17.3 Å². The van der Waals surface area contributed by atoms with Crippen LogP contribution in [0.25, 0.3) is 11.6 Å². The molecular formula is C16H22N4O2S. The molecule has 0 N–H and O–H groups in total. The fraction of sp³-hybridized carbons (Fsp3) is 0.562. The van der Waals surface area contributed by atoms with Crippen LogP contribution in [0.15, 0.2) is 28.0 Å². The van der Waals surface area contributed by atoms with Crippen LogP contribution in [-0.2, 0) is 11.3 Å². The molecule has 6 nitrogen and oxygen atoms in total. The topological polar surface area (TPSA) is 64.2 Å². The van der Waals surface area contributed by atoms with Crippen LogP contribution in [0.1, 0.15) is 32.6 Å². The Balaban J connectivity index is 1.65. The summed E-state index contributed by atoms with van der Waals surface area (Å²) < 4.78 is 7.39. The minimum atomic E-state index is 0.196. The number of rotatable bonds is 5. The molecule has 124 valence electrons. The SMILES string of the molecule is CCn1c(SCC(=O)N2CCCCCC2)nnc1-c1ccco1. The van der Waals surface area contributed by atoms with Gasteiger partial charge in [-0.2, -0.15) is 0 Å². The average molecular weight is 334 g/mol. The Hall–Kier alpha value is -1.76. The highest BCUT2D eigenvalue weighted by atomic mass is 32.2. The zero-order chi connectivity index (χ0) is 16.1. The normalized spacial score (nSPS) is 15.6. The second-order valence-corrected chi connectivity index (χ2v) is 6.55. The molecule has 0 radical (unpaired) electrons. The fourth-order valence-corrected chi connectivity index (χ4v) is 3.71. The first-order valence-electron chi connectivity index (χ1n) is 8.17. The third-order valence-corrected chi connectivity index (χ3v) is 5.01. The van der Waals surface area contributed by atoms with Gasteiger partial charge in [0.2, 0.25) is 5.91 Å². The molecule has 1 aliphatic heterocycles. The van der Waals surface area contributed by atoms with Crippen molar-refractivity contribution < 1.29 is 9.21 Å². The number of hydrogen-bond acceptors (Lipinski definition) is 5. The number of carbonyl (C=O) groups is 1. The van der Waals surface area contributed by atoms with E-state index in [1.54, 1.807) is 6.26 Å². The number of thioether (sulfide) groups is 1. The van der Waals surface area contributed by atoms with E-state index in [4.69, 9.17) is 4.42 Å². The number of nitrogens with zero attached hydrogens (tertiary/aromatic N) is 4. The monoisotopic (exact) mass is 334 g/mol. The van der Waals surface area contributed by atoms with Gasteiger partial charge in [0.15, 0.2) is 16.7 Å². The first-order chi connectivity index (χ1) is 11.3. The van der Waals surface area contributed by atoms with Crippen LogP contribution in [0.4, 0.5) is 0 Å². The number of likely N-dealkylation sites (tertiary alicyclic amines) is 1. The lowest BCUT2D eigenvalue weighted by Gasteiger charge is -2.19. The Morgan fingerprint density at radius 2 is 2.04 bits per heavy atom. The summed E-state index contributed by atoms with van der Waals surface area (Å²) in [4.78, 5) is 14.4. The Labute approximate surface area is 140 Å². The highest BCUT2D eigenvalue weighted by Crippen LogP contribution is 2.24. The van der Waals surface area contributed by atoms with Gasteiger partial charge in [0.05, 0.1) is 12.0 Å². The summed E-state index contributed by atoms with van der Waals surface area (Å²) >= 11 is 1.45. The number of aromatic nitrogens is 3. The van der Waals surface area contributed by atoms with Crippen LogP contribution >= 0.6 is 11.8 Å². The minimum absolute atomic E-state index is 0.196. The van der Waals surface area contributed by atoms with E-state index in [1.807, 2.05) is 28.5 Å². The van der Waals surface area contributed by atoms with Crippen molar-refractivity contribution in [2.24, 2.45) is 0 Å². The van der Waals surface area contributed by atoms with Gasteiger partial charge in [0.25, 0.3) is 0 Å². The molecule has 1 aliphatic rings. The van der Waals surface area contributed by atoms with Crippen molar-refractivity contribution >= 4 is 17.7 Å². The summed E-state index contributed by atoms with van der Waals surface area (Å²) in [5, 5.41) is 9.20. The highest BCUT2D eigenvalue weighted by molar-refractivity contribution is 7.99. The van der Waals surface area contributed by atoms with E-state index >= 15 is 0 Å². The van der Waals surface area contributed by atoms with Crippen LogP contribution in [0.3, 0.4) is 0 Å². The fourth-order valence-electron chi connectivity index (χ4n) is 2.81. The predicted octanol–water partition coefficient (Wildman–Crippen LogP) is 3.05. The van der Waals surface area contributed by atoms with Crippen LogP contribution in [0.2, 0.25) is 0 Å². The van der Waals surface area contributed by atoms with E-state index < -0.39 is 0 Å². The zero-order valence-electron chi connectivity index (χ0n) is 13.4. The number of hydrogen-bond donors (Lipinski definition) is 0. The predicted molar refractivity (Wildman–Crippen MR) is 89.2 cm³/mol. The Kier molecular flexibility index (Phi) is 5.38. The first-order valence-corrected chi connectivity index (χ1v) is 9.16. The van der Waals surface area contributed by atoms with Crippen molar-refractivity contribution in [3.05, 3.63) is 18.4 Å². The van der Waals surface area contributed by atoms with E-state index in [0.717, 1.165) is 37.6 Å². The number of amides is 1. The smallest absolute Gasteiger partial charge is 0.233 e. The number of furan rings is 1. The van der Waals surface area contributed by atoms with E-state index in [9.17, 15) is 4.79 Å². The van der Waals surface area contributed by atoms with E-state index in [2.05, 4.69) is 10.2 Å². The molecular weight excluding hydrogens is 312 g/mol. The second kappa shape index (κ2) is 7.68. The molecule has 2 aromatic rings. The molecule has 0 atom stereocenters. The molecule has 1 amide bonds. The molecule has 0 spiro atoms. The van der Waals surface area contributed by atoms with Crippen molar-refractivity contribution in [3.63, 3.8) is 0 Å². The lowest BCUT2D eigenvalue weighted by molar-refractivity contribution is -0.128. The summed E-state index contributed by atoms with van der Waals surface area (Å²) in [6, 6.07) is 3.70. The zero-order valence-corrected chi connectivity index (χ0v) is 14.2. The standard InChI is InChI=1S/C16H22N4O2S/c1-2-20-15(13-8-7-11-22-13)17-18-16(20)23-12-14(21)19-9-5-3-4-6-10-19/h7-8,11H,2-6,9-10,12H2,1H3. The molecule has 7 heteroatoms. The van der Waals surface area contributed by atoms with Gasteiger partial charge in [0.1, 0.15) is 0 Å². The van der Waals surface area contributed by atoms with Gasteiger partial charge in [-0.1, -0.05) is 24.6 Å². The third-order valence-electron chi connectivity index (χ3n) is 4.06. The Morgan fingerprint density at radius 1 is 1.26 bits per heavy atom. The molecule has 23 heavy (non-hydrogen) atoms. The third kappa shape index (κ3) is 3.77. The maximum atomic E-state index is 12.4. The van der Waals surface area contributed by atoms with Gasteiger partial charge in [-0.15, -0.1) is 10.2 Å². The van der Waals surface area contributed by atoms with Crippen LogP contribution in [0, 0.1) is 0 Å². The molecule has 1 fully saturated rings. The highest BCUT2D eigenvalue weighted by Gasteiger charge is 2.19. The average Bonchev–Trinajstić information content (AvgIpc) is 3.15. The first kappa shape index (κ1) is 16.1. The summed E-state index contributed by atoms with van der Waals surface area (Å²) in [5.41, 5.74) is 0. The maximum Gasteiger partial charge on any atom is 0.233 e. The van der Waals surface area contributed by atoms with Gasteiger partial charge in [0, 0.05) is 19.6 Å². The van der Waals surface area contributed by atoms with Gasteiger partial charge in [-0.25, -0.2) is 0 Å². The summed E-state index contributed by atoms with van der Waals surface area (Å²) in [7, 11) is 0. The molecule has 2 aromatic heterocycles. The van der Waals surface area contributed by atoms with Crippen molar-refractivity contribution in [3.8, 4) is 11.6 Å². The van der Waals surface area contributed by atoms with Gasteiger partial charge >= 0.3 is 0 Å². The lowest BCUT2D eigenvalue weighted by Crippen LogP contribution is -2.33. The van der Waals surface area contributed by atoms with Gasteiger partial charge in [-0.05, 0) is 31.9 Å². The molecule has 1 saturated heterocycles. The van der Waals surface area contributed by atoms with Crippen molar-refractivity contribution in [2.45, 2.75) is 44.3 Å². The van der Waals surface area contributed by atoms with Gasteiger partial charge in [-0.3, -0.25) is 9.36 Å². The molecule has 3 rings (SSSR count). The van der Waals surface area contributed by atoms with Crippen molar-refractivity contribution in [1.29, 1.82) is 0 Å². The number of carbonyl (C=O) groups excluding carboxylic acids is 1. The van der Waals surface area contributed by atoms with Crippen molar-refractivity contribution in [1.82, 2.24) is 19.7 Å². The quantitative estimate of drug-likeness (QED) is 0.786. The summed E-state index contributed by atoms with van der Waals surface area (Å²) in [6.07, 6.45) is 6.31.